The predicted octanol–water partition coefficient (Wildman–Crippen LogP) is 5.98. The minimum absolute atomic E-state index is 0.0317. The summed E-state index contributed by atoms with van der Waals surface area (Å²) >= 11 is 0. The van der Waals surface area contributed by atoms with Gasteiger partial charge in [0.2, 0.25) is 0 Å². The molecule has 1 aromatic rings. The van der Waals surface area contributed by atoms with Crippen molar-refractivity contribution in [2.75, 3.05) is 13.6 Å². The lowest BCUT2D eigenvalue weighted by atomic mass is 10.0. The molecule has 0 atom stereocenters. The molecule has 1 aliphatic heterocycles. The second-order valence-electron chi connectivity index (χ2n) is 6.82. The van der Waals surface area contributed by atoms with Gasteiger partial charge in [-0.1, -0.05) is 19.4 Å². The normalized spacial score (nSPS) is 15.7. The Morgan fingerprint density at radius 2 is 1.97 bits per heavy atom. The number of ether oxygens (including phenoxy) is 1. The smallest absolute Gasteiger partial charge is 0.512 e. The first kappa shape index (κ1) is 24.8. The number of halogens is 5. The molecule has 0 aromatic heterocycles. The third kappa shape index (κ3) is 7.07. The highest BCUT2D eigenvalue weighted by molar-refractivity contribution is 5.70. The summed E-state index contributed by atoms with van der Waals surface area (Å²) < 4.78 is 69.9. The van der Waals surface area contributed by atoms with Gasteiger partial charge < -0.3 is 25.2 Å². The molecule has 0 saturated heterocycles. The number of aliphatic hydroxyl groups excluding tert-OH is 2. The Morgan fingerprint density at radius 3 is 2.56 bits per heavy atom. The van der Waals surface area contributed by atoms with Gasteiger partial charge in [-0.2, -0.15) is 0 Å². The Bertz CT molecular complexity index is 978. The first-order chi connectivity index (χ1) is 15.0. The van der Waals surface area contributed by atoms with Crippen LogP contribution in [-0.2, 0) is 0 Å². The molecule has 32 heavy (non-hydrogen) atoms. The fourth-order valence-corrected chi connectivity index (χ4v) is 2.91. The van der Waals surface area contributed by atoms with Crippen LogP contribution in [0.2, 0.25) is 0 Å². The number of nitrogens with zero attached hydrogens (tertiary/aromatic N) is 1. The summed E-state index contributed by atoms with van der Waals surface area (Å²) in [6, 6.07) is 2.53. The molecule has 1 heterocycles. The molecule has 0 saturated carbocycles. The highest BCUT2D eigenvalue weighted by Gasteiger charge is 2.31. The predicted molar refractivity (Wildman–Crippen MR) is 110 cm³/mol. The van der Waals surface area contributed by atoms with E-state index in [9.17, 15) is 32.2 Å². The highest BCUT2D eigenvalue weighted by Crippen LogP contribution is 2.32. The molecule has 0 aliphatic carbocycles. The number of unbranched alkanes of at least 4 members (excludes halogenated alkanes) is 1. The van der Waals surface area contributed by atoms with Crippen LogP contribution < -0.4 is 10.1 Å². The van der Waals surface area contributed by atoms with Gasteiger partial charge in [-0.25, -0.2) is 8.78 Å². The molecule has 10 heteroatoms. The number of dihydropyridines is 1. The Balaban J connectivity index is 2.67. The van der Waals surface area contributed by atoms with E-state index in [0.29, 0.717) is 30.9 Å². The fraction of sp³-hybridized carbons (Fsp3) is 0.273. The molecule has 0 amide bonds. The van der Waals surface area contributed by atoms with E-state index in [1.54, 1.807) is 6.08 Å². The van der Waals surface area contributed by atoms with Crippen molar-refractivity contribution in [1.82, 2.24) is 10.2 Å². The molecular weight excluding hydrogens is 435 g/mol. The summed E-state index contributed by atoms with van der Waals surface area (Å²) in [6.07, 6.45) is 1.93. The average Bonchev–Trinajstić information content (AvgIpc) is 2.71. The SMILES string of the molecule is CCC/C=C(/C=C(/c1cc(F)cc(OC(F)(F)F)c1)N(C)C1=CC(F)=CNC1)C(\O)=C\O. The number of alkyl halides is 3. The molecule has 174 valence electrons. The highest BCUT2D eigenvalue weighted by atomic mass is 19.4. The Kier molecular flexibility index (Phi) is 8.34. The monoisotopic (exact) mass is 458 g/mol. The molecule has 0 radical (unpaired) electrons. The zero-order valence-corrected chi connectivity index (χ0v) is 17.4. The minimum Gasteiger partial charge on any atom is -0.512 e. The van der Waals surface area contributed by atoms with E-state index in [0.717, 1.165) is 18.3 Å². The van der Waals surface area contributed by atoms with Gasteiger partial charge in [0.05, 0.1) is 6.54 Å². The van der Waals surface area contributed by atoms with Crippen LogP contribution in [-0.4, -0.2) is 35.1 Å². The number of rotatable bonds is 8. The van der Waals surface area contributed by atoms with Crippen molar-refractivity contribution < 1.29 is 36.9 Å². The standard InChI is InChI=1S/C22H23F5N2O3/c1-3-4-5-14(21(31)13-30)8-20(29(2)18-9-17(24)11-28-12-18)15-6-16(23)10-19(7-15)32-22(25,26)27/h5-11,13,28,30-31H,3-4,12H2,1-2H3/b14-5-,20-8-,21-13-. The Morgan fingerprint density at radius 1 is 1.25 bits per heavy atom. The molecular formula is C22H23F5N2O3. The lowest BCUT2D eigenvalue weighted by molar-refractivity contribution is -0.274. The van der Waals surface area contributed by atoms with Crippen LogP contribution in [0.5, 0.6) is 5.75 Å². The first-order valence-corrected chi connectivity index (χ1v) is 9.59. The lowest BCUT2D eigenvalue weighted by Gasteiger charge is -2.28. The number of hydrogen-bond donors (Lipinski definition) is 3. The fourth-order valence-electron chi connectivity index (χ4n) is 2.91. The van der Waals surface area contributed by atoms with Gasteiger partial charge in [-0.3, -0.25) is 0 Å². The van der Waals surface area contributed by atoms with Crippen LogP contribution in [0.4, 0.5) is 22.0 Å². The topological polar surface area (TPSA) is 65.0 Å². The van der Waals surface area contributed by atoms with Crippen molar-refractivity contribution in [2.45, 2.75) is 26.1 Å². The molecule has 2 rings (SSSR count). The Labute approximate surface area is 182 Å². The van der Waals surface area contributed by atoms with Crippen LogP contribution in [0.3, 0.4) is 0 Å². The second kappa shape index (κ2) is 10.7. The molecule has 0 fully saturated rings. The summed E-state index contributed by atoms with van der Waals surface area (Å²) in [5.74, 6) is -2.87. The number of allylic oxidation sites excluding steroid dienone is 4. The van der Waals surface area contributed by atoms with Gasteiger partial charge in [0.1, 0.15) is 23.7 Å². The van der Waals surface area contributed by atoms with Crippen LogP contribution >= 0.6 is 0 Å². The van der Waals surface area contributed by atoms with Gasteiger partial charge in [0.15, 0.2) is 5.76 Å². The summed E-state index contributed by atoms with van der Waals surface area (Å²) in [4.78, 5) is 1.43. The molecule has 0 bridgehead atoms. The number of benzene rings is 1. The van der Waals surface area contributed by atoms with Gasteiger partial charge in [-0.15, -0.1) is 13.2 Å². The number of likely N-dealkylation sites (N-methyl/N-ethyl adjacent to an activating group) is 1. The largest absolute Gasteiger partial charge is 0.573 e. The molecule has 0 spiro atoms. The van der Waals surface area contributed by atoms with Crippen molar-refractivity contribution in [3.05, 3.63) is 83.1 Å². The molecule has 5 nitrogen and oxygen atoms in total. The van der Waals surface area contributed by atoms with Crippen LogP contribution in [0, 0.1) is 5.82 Å². The molecule has 1 aliphatic rings. The lowest BCUT2D eigenvalue weighted by Crippen LogP contribution is -2.26. The maximum absolute atomic E-state index is 14.2. The second-order valence-corrected chi connectivity index (χ2v) is 6.82. The van der Waals surface area contributed by atoms with Crippen LogP contribution in [0.15, 0.2) is 71.7 Å². The zero-order valence-electron chi connectivity index (χ0n) is 17.4. The van der Waals surface area contributed by atoms with Crippen molar-refractivity contribution in [2.24, 2.45) is 0 Å². The maximum atomic E-state index is 14.2. The van der Waals surface area contributed by atoms with Crippen LogP contribution in [0.25, 0.3) is 5.70 Å². The van der Waals surface area contributed by atoms with E-state index >= 15 is 0 Å². The molecule has 3 N–H and O–H groups in total. The average molecular weight is 458 g/mol. The number of nitrogens with one attached hydrogen (secondary N) is 1. The maximum Gasteiger partial charge on any atom is 0.573 e. The van der Waals surface area contributed by atoms with Crippen molar-refractivity contribution in [1.29, 1.82) is 0 Å². The van der Waals surface area contributed by atoms with E-state index in [4.69, 9.17) is 0 Å². The van der Waals surface area contributed by atoms with Gasteiger partial charge in [0.25, 0.3) is 0 Å². The van der Waals surface area contributed by atoms with Crippen molar-refractivity contribution in [3.8, 4) is 5.75 Å². The van der Waals surface area contributed by atoms with Gasteiger partial charge in [0, 0.05) is 41.8 Å². The van der Waals surface area contributed by atoms with Crippen molar-refractivity contribution in [3.63, 3.8) is 0 Å². The third-order valence-electron chi connectivity index (χ3n) is 4.38. The Hall–Kier alpha value is -3.43. The van der Waals surface area contributed by atoms with Crippen LogP contribution in [0.1, 0.15) is 25.3 Å². The number of hydrogen-bond acceptors (Lipinski definition) is 5. The van der Waals surface area contributed by atoms with Crippen molar-refractivity contribution >= 4 is 5.70 Å². The van der Waals surface area contributed by atoms with E-state index in [1.807, 2.05) is 6.92 Å². The van der Waals surface area contributed by atoms with E-state index in [1.165, 1.54) is 24.1 Å². The van der Waals surface area contributed by atoms with E-state index < -0.39 is 29.5 Å². The third-order valence-corrected chi connectivity index (χ3v) is 4.38. The summed E-state index contributed by atoms with van der Waals surface area (Å²) in [5.41, 5.74) is 0.603. The summed E-state index contributed by atoms with van der Waals surface area (Å²) in [5, 5.41) is 22.0. The van der Waals surface area contributed by atoms with E-state index in [2.05, 4.69) is 10.1 Å². The number of aliphatic hydroxyl groups is 2. The first-order valence-electron chi connectivity index (χ1n) is 9.59. The quantitative estimate of drug-likeness (QED) is 0.254. The van der Waals surface area contributed by atoms with E-state index in [-0.39, 0.29) is 23.4 Å². The van der Waals surface area contributed by atoms with Gasteiger partial charge in [-0.05, 0) is 30.7 Å². The molecule has 1 aromatic carbocycles. The minimum atomic E-state index is -5.03. The van der Waals surface area contributed by atoms with Gasteiger partial charge >= 0.3 is 6.36 Å². The summed E-state index contributed by atoms with van der Waals surface area (Å²) in [6.45, 7) is 2.06. The summed E-state index contributed by atoms with van der Waals surface area (Å²) in [7, 11) is 1.50. The zero-order chi connectivity index (χ0) is 23.9. The molecule has 0 unspecified atom stereocenters.